The fourth-order valence-corrected chi connectivity index (χ4v) is 5.45. The summed E-state index contributed by atoms with van der Waals surface area (Å²) in [5.41, 5.74) is 1.70. The van der Waals surface area contributed by atoms with Gasteiger partial charge in [-0.25, -0.2) is 0 Å². The van der Waals surface area contributed by atoms with Gasteiger partial charge in [-0.1, -0.05) is 43.3 Å². The molecule has 2 aromatic carbocycles. The summed E-state index contributed by atoms with van der Waals surface area (Å²) in [4.78, 5) is 28.5. The van der Waals surface area contributed by atoms with Crippen LogP contribution >= 0.6 is 11.8 Å². The number of rotatable bonds is 1. The molecular weight excluding hydrogens is 462 g/mol. The van der Waals surface area contributed by atoms with Gasteiger partial charge in [0, 0.05) is 22.9 Å². The molecule has 1 unspecified atom stereocenters. The monoisotopic (exact) mass is 489 g/mol. The summed E-state index contributed by atoms with van der Waals surface area (Å²) in [6.07, 6.45) is 6.12. The van der Waals surface area contributed by atoms with Gasteiger partial charge in [0.1, 0.15) is 19.0 Å². The third-order valence-electron chi connectivity index (χ3n) is 6.28. The van der Waals surface area contributed by atoms with E-state index in [1.807, 2.05) is 48.4 Å². The number of pyridine rings is 1. The van der Waals surface area contributed by atoms with E-state index in [4.69, 9.17) is 4.74 Å². The number of ether oxygens (including phenoxy) is 1. The van der Waals surface area contributed by atoms with Gasteiger partial charge in [-0.2, -0.15) is 0 Å². The Hall–Kier alpha value is -3.65. The second kappa shape index (κ2) is 9.92. The van der Waals surface area contributed by atoms with E-state index in [2.05, 4.69) is 24.3 Å². The maximum absolute atomic E-state index is 13.5. The van der Waals surface area contributed by atoms with E-state index < -0.39 is 11.2 Å². The fraction of sp³-hybridized carbons (Fsp3) is 0.259. The number of carbonyl (C=O) groups excluding carboxylic acids is 1. The Balaban J connectivity index is 1.60. The first-order chi connectivity index (χ1) is 17.0. The molecule has 1 amide bonds. The summed E-state index contributed by atoms with van der Waals surface area (Å²) < 4.78 is 7.55. The third kappa shape index (κ3) is 4.66. The second-order valence-electron chi connectivity index (χ2n) is 8.56. The minimum Gasteiger partial charge on any atom is -0.502 e. The van der Waals surface area contributed by atoms with Crippen LogP contribution in [0.25, 0.3) is 0 Å². The molecule has 7 nitrogen and oxygen atoms in total. The number of fused-ring (bicyclic) bond motifs is 7. The lowest BCUT2D eigenvalue weighted by molar-refractivity contribution is 0.0631. The van der Waals surface area contributed by atoms with Crippen LogP contribution in [-0.4, -0.2) is 39.9 Å². The molecule has 2 aliphatic rings. The van der Waals surface area contributed by atoms with Gasteiger partial charge in [0.05, 0.1) is 12.6 Å². The van der Waals surface area contributed by atoms with E-state index in [0.717, 1.165) is 22.0 Å². The highest BCUT2D eigenvalue weighted by Crippen LogP contribution is 2.30. The number of hydrogen-bond donors (Lipinski definition) is 1. The molecular formula is C27H27N3O4S. The molecule has 3 aromatic rings. The zero-order chi connectivity index (χ0) is 24.4. The highest BCUT2D eigenvalue weighted by molar-refractivity contribution is 7.98. The third-order valence-corrected chi connectivity index (χ3v) is 7.47. The van der Waals surface area contributed by atoms with Crippen LogP contribution < -0.4 is 15.2 Å². The number of amides is 1. The quantitative estimate of drug-likeness (QED) is 0.519. The van der Waals surface area contributed by atoms with E-state index >= 15 is 0 Å². The molecule has 1 atom stereocenters. The average Bonchev–Trinajstić information content (AvgIpc) is 2.87. The van der Waals surface area contributed by atoms with Gasteiger partial charge in [0.15, 0.2) is 11.4 Å². The Kier molecular flexibility index (Phi) is 6.55. The zero-order valence-corrected chi connectivity index (χ0v) is 20.3. The van der Waals surface area contributed by atoms with Crippen LogP contribution in [0.3, 0.4) is 0 Å². The zero-order valence-electron chi connectivity index (χ0n) is 19.5. The molecule has 35 heavy (non-hydrogen) atoms. The maximum Gasteiger partial charge on any atom is 0.278 e. The maximum atomic E-state index is 13.5. The largest absolute Gasteiger partial charge is 0.502 e. The number of benzene rings is 2. The molecule has 0 spiro atoms. The first-order valence-electron chi connectivity index (χ1n) is 11.6. The Morgan fingerprint density at radius 2 is 1.97 bits per heavy atom. The van der Waals surface area contributed by atoms with Crippen molar-refractivity contribution in [2.45, 2.75) is 36.6 Å². The molecule has 1 N–H and O–H groups in total. The Morgan fingerprint density at radius 1 is 1.11 bits per heavy atom. The predicted octanol–water partition coefficient (Wildman–Crippen LogP) is 4.12. The number of nitrogens with zero attached hydrogens (tertiary/aromatic N) is 3. The summed E-state index contributed by atoms with van der Waals surface area (Å²) in [6.45, 7) is 3.21. The topological polar surface area (TPSA) is 75.0 Å². The molecule has 0 saturated heterocycles. The molecule has 3 heterocycles. The van der Waals surface area contributed by atoms with Gasteiger partial charge in [0.2, 0.25) is 5.43 Å². The SMILES string of the molecule is CCC1/C=C\COc2cccc(c2)CSc2ccccc2CN2CN1C(=O)c1c(O)c(=O)ccn12. The van der Waals surface area contributed by atoms with Gasteiger partial charge in [0.25, 0.3) is 5.91 Å². The summed E-state index contributed by atoms with van der Waals surface area (Å²) in [7, 11) is 0. The summed E-state index contributed by atoms with van der Waals surface area (Å²) in [5, 5.41) is 12.6. The van der Waals surface area contributed by atoms with E-state index in [1.165, 1.54) is 11.6 Å². The molecule has 0 fully saturated rings. The van der Waals surface area contributed by atoms with Crippen molar-refractivity contribution in [2.24, 2.45) is 0 Å². The number of hydrogen-bond acceptors (Lipinski definition) is 6. The van der Waals surface area contributed by atoms with Crippen molar-refractivity contribution in [2.75, 3.05) is 18.3 Å². The van der Waals surface area contributed by atoms with Crippen LogP contribution in [0.2, 0.25) is 0 Å². The van der Waals surface area contributed by atoms with Gasteiger partial charge in [-0.05, 0) is 41.8 Å². The van der Waals surface area contributed by atoms with E-state index in [1.54, 1.807) is 27.5 Å². The molecule has 5 rings (SSSR count). The normalized spacial score (nSPS) is 18.9. The molecule has 0 saturated carbocycles. The number of aromatic hydroxyl groups is 1. The van der Waals surface area contributed by atoms with Crippen molar-refractivity contribution in [3.63, 3.8) is 0 Å². The predicted molar refractivity (Wildman–Crippen MR) is 136 cm³/mol. The Bertz CT molecular complexity index is 1340. The Labute approximate surface area is 208 Å². The second-order valence-corrected chi connectivity index (χ2v) is 9.58. The van der Waals surface area contributed by atoms with Crippen LogP contribution in [0.4, 0.5) is 0 Å². The number of aromatic nitrogens is 1. The van der Waals surface area contributed by atoms with Gasteiger partial charge < -0.3 is 14.7 Å². The van der Waals surface area contributed by atoms with Gasteiger partial charge in [-0.3, -0.25) is 19.3 Å². The van der Waals surface area contributed by atoms with Gasteiger partial charge in [-0.15, -0.1) is 11.8 Å². The fourth-order valence-electron chi connectivity index (χ4n) is 4.45. The van der Waals surface area contributed by atoms with E-state index in [0.29, 0.717) is 26.2 Å². The smallest absolute Gasteiger partial charge is 0.278 e. The molecule has 2 aliphatic heterocycles. The minimum atomic E-state index is -0.567. The molecule has 180 valence electrons. The van der Waals surface area contributed by atoms with Crippen molar-refractivity contribution < 1.29 is 14.6 Å². The standard InChI is InChI=1S/C27H27N3O4S/c1-2-21-9-6-14-34-22-10-5-7-19(15-22)17-35-24-11-4-3-8-20(24)16-28-18-29(21)27(33)25-26(32)23(31)12-13-30(25)28/h3-13,15,21,32H,2,14,16-18H2,1H3/b9-6-. The summed E-state index contributed by atoms with van der Waals surface area (Å²) in [6, 6.07) is 17.4. The van der Waals surface area contributed by atoms with Crippen molar-refractivity contribution in [1.82, 2.24) is 9.58 Å². The van der Waals surface area contributed by atoms with E-state index in [-0.39, 0.29) is 17.6 Å². The van der Waals surface area contributed by atoms with E-state index in [9.17, 15) is 14.7 Å². The van der Waals surface area contributed by atoms with Gasteiger partial charge >= 0.3 is 0 Å². The minimum absolute atomic E-state index is 0.00641. The van der Waals surface area contributed by atoms with Crippen LogP contribution in [0.15, 0.2) is 82.6 Å². The Morgan fingerprint density at radius 3 is 2.83 bits per heavy atom. The first kappa shape index (κ1) is 23.1. The van der Waals surface area contributed by atoms with Crippen LogP contribution in [0.1, 0.15) is 35.0 Å². The highest BCUT2D eigenvalue weighted by atomic mass is 32.2. The van der Waals surface area contributed by atoms with Crippen LogP contribution in [-0.2, 0) is 12.3 Å². The average molecular weight is 490 g/mol. The lowest BCUT2D eigenvalue weighted by Crippen LogP contribution is -2.56. The molecule has 1 aromatic heterocycles. The molecule has 8 heteroatoms. The highest BCUT2D eigenvalue weighted by Gasteiger charge is 2.35. The van der Waals surface area contributed by atoms with Crippen LogP contribution in [0, 0.1) is 0 Å². The van der Waals surface area contributed by atoms with Crippen molar-refractivity contribution in [3.05, 3.63) is 100.0 Å². The van der Waals surface area contributed by atoms with Crippen LogP contribution in [0.5, 0.6) is 11.5 Å². The summed E-state index contributed by atoms with van der Waals surface area (Å²) >= 11 is 1.74. The summed E-state index contributed by atoms with van der Waals surface area (Å²) in [5.74, 6) is 0.700. The lowest BCUT2D eigenvalue weighted by Gasteiger charge is -2.42. The molecule has 4 bridgehead atoms. The van der Waals surface area contributed by atoms with Crippen molar-refractivity contribution in [3.8, 4) is 11.5 Å². The lowest BCUT2D eigenvalue weighted by atomic mass is 10.1. The molecule has 0 radical (unpaired) electrons. The number of thioether (sulfide) groups is 1. The van der Waals surface area contributed by atoms with Crippen molar-refractivity contribution >= 4 is 17.7 Å². The number of carbonyl (C=O) groups is 1. The molecule has 0 aliphatic carbocycles. The first-order valence-corrected chi connectivity index (χ1v) is 12.6. The van der Waals surface area contributed by atoms with Crippen molar-refractivity contribution in [1.29, 1.82) is 0 Å².